The zero-order chi connectivity index (χ0) is 17.5. The molecule has 0 spiro atoms. The van der Waals surface area contributed by atoms with E-state index in [4.69, 9.17) is 0 Å². The van der Waals surface area contributed by atoms with Crippen LogP contribution in [0.2, 0.25) is 0 Å². The van der Waals surface area contributed by atoms with Crippen molar-refractivity contribution >= 4 is 5.91 Å². The molecule has 1 heterocycles. The van der Waals surface area contributed by atoms with Crippen LogP contribution in [0.1, 0.15) is 84.0 Å². The number of nitrogens with zero attached hydrogens (tertiary/aromatic N) is 1. The first-order valence-electron chi connectivity index (χ1n) is 10.4. The summed E-state index contributed by atoms with van der Waals surface area (Å²) in [6.07, 6.45) is 16.3. The van der Waals surface area contributed by atoms with Crippen molar-refractivity contribution in [2.24, 2.45) is 0 Å². The Kier molecular flexibility index (Phi) is 13.1. The number of carbonyl (C=O) groups is 1. The van der Waals surface area contributed by atoms with Gasteiger partial charge in [-0.2, -0.15) is 0 Å². The lowest BCUT2D eigenvalue weighted by atomic mass is 10.1. The van der Waals surface area contributed by atoms with E-state index >= 15 is 0 Å². The Bertz CT molecular complexity index is 309. The number of carbonyl (C=O) groups excluding carboxylic acids is 1. The van der Waals surface area contributed by atoms with Gasteiger partial charge in [0.15, 0.2) is 0 Å². The largest absolute Gasteiger partial charge is 0.355 e. The minimum absolute atomic E-state index is 0.0103. The molecule has 1 aliphatic heterocycles. The molecule has 1 fully saturated rings. The lowest BCUT2D eigenvalue weighted by Gasteiger charge is -2.31. The van der Waals surface area contributed by atoms with Crippen LogP contribution in [-0.4, -0.2) is 50.1 Å². The summed E-state index contributed by atoms with van der Waals surface area (Å²) in [6.45, 7) is 5.83. The normalized spacial score (nSPS) is 18.7. The summed E-state index contributed by atoms with van der Waals surface area (Å²) >= 11 is 0. The van der Waals surface area contributed by atoms with Gasteiger partial charge in [0, 0.05) is 26.2 Å². The molecule has 1 rings (SSSR count). The minimum Gasteiger partial charge on any atom is -0.355 e. The predicted molar refractivity (Wildman–Crippen MR) is 103 cm³/mol. The van der Waals surface area contributed by atoms with E-state index < -0.39 is 0 Å². The van der Waals surface area contributed by atoms with Gasteiger partial charge in [-0.15, -0.1) is 0 Å². The van der Waals surface area contributed by atoms with E-state index in [1.54, 1.807) is 0 Å². The fraction of sp³-hybridized carbons (Fsp3) is 0.950. The van der Waals surface area contributed by atoms with Gasteiger partial charge in [0.05, 0.1) is 0 Å². The van der Waals surface area contributed by atoms with E-state index in [1.807, 2.05) is 7.05 Å². The minimum atomic E-state index is 0.0103. The van der Waals surface area contributed by atoms with Gasteiger partial charge in [-0.25, -0.2) is 0 Å². The van der Waals surface area contributed by atoms with Crippen LogP contribution in [0.3, 0.4) is 0 Å². The molecular weight excluding hydrogens is 298 g/mol. The average molecular weight is 340 g/mol. The maximum atomic E-state index is 12.1. The molecule has 0 aliphatic carbocycles. The highest BCUT2D eigenvalue weighted by Crippen LogP contribution is 2.11. The molecule has 0 saturated carbocycles. The number of amides is 1. The first-order valence-corrected chi connectivity index (χ1v) is 10.4. The van der Waals surface area contributed by atoms with Gasteiger partial charge < -0.3 is 10.6 Å². The first-order chi connectivity index (χ1) is 11.8. The Hall–Kier alpha value is -0.610. The third kappa shape index (κ3) is 10.3. The van der Waals surface area contributed by atoms with E-state index in [1.165, 1.54) is 70.6 Å². The highest BCUT2D eigenvalue weighted by molar-refractivity contribution is 5.82. The molecule has 0 aromatic rings. The van der Waals surface area contributed by atoms with Crippen molar-refractivity contribution in [3.8, 4) is 0 Å². The van der Waals surface area contributed by atoms with Gasteiger partial charge in [0.1, 0.15) is 6.04 Å². The van der Waals surface area contributed by atoms with Crippen molar-refractivity contribution in [3.05, 3.63) is 0 Å². The lowest BCUT2D eigenvalue weighted by molar-refractivity contribution is -0.126. The van der Waals surface area contributed by atoms with Crippen molar-refractivity contribution in [2.45, 2.75) is 90.0 Å². The van der Waals surface area contributed by atoms with Gasteiger partial charge in [-0.1, -0.05) is 77.6 Å². The molecule has 0 radical (unpaired) electrons. The number of unbranched alkanes of at least 4 members (excludes halogenated alkanes) is 11. The fourth-order valence-corrected chi connectivity index (χ4v) is 3.39. The summed E-state index contributed by atoms with van der Waals surface area (Å²) in [4.78, 5) is 14.3. The third-order valence-electron chi connectivity index (χ3n) is 5.14. The van der Waals surface area contributed by atoms with Crippen molar-refractivity contribution in [1.82, 2.24) is 15.5 Å². The van der Waals surface area contributed by atoms with E-state index in [0.29, 0.717) is 0 Å². The molecule has 1 aliphatic rings. The monoisotopic (exact) mass is 339 g/mol. The number of likely N-dealkylation sites (N-methyl/N-ethyl adjacent to an activating group) is 1. The Labute approximate surface area is 150 Å². The summed E-state index contributed by atoms with van der Waals surface area (Å²) in [7, 11) is 2.04. The summed E-state index contributed by atoms with van der Waals surface area (Å²) in [6, 6.07) is 0.0103. The van der Waals surface area contributed by atoms with Crippen LogP contribution in [0, 0.1) is 0 Å². The molecule has 2 N–H and O–H groups in total. The number of piperazine rings is 1. The molecule has 0 aromatic heterocycles. The average Bonchev–Trinajstić information content (AvgIpc) is 2.59. The Morgan fingerprint density at radius 1 is 0.958 bits per heavy atom. The van der Waals surface area contributed by atoms with Crippen LogP contribution in [0.4, 0.5) is 0 Å². The smallest absolute Gasteiger partial charge is 0.238 e. The zero-order valence-electron chi connectivity index (χ0n) is 16.2. The lowest BCUT2D eigenvalue weighted by Crippen LogP contribution is -2.56. The van der Waals surface area contributed by atoms with Gasteiger partial charge >= 0.3 is 0 Å². The van der Waals surface area contributed by atoms with Gasteiger partial charge in [0.2, 0.25) is 5.91 Å². The second-order valence-electron chi connectivity index (χ2n) is 7.38. The summed E-state index contributed by atoms with van der Waals surface area (Å²) < 4.78 is 0. The number of nitrogens with one attached hydrogen (secondary N) is 2. The Morgan fingerprint density at radius 2 is 1.50 bits per heavy atom. The highest BCUT2D eigenvalue weighted by atomic mass is 16.2. The molecule has 0 bridgehead atoms. The summed E-state index contributed by atoms with van der Waals surface area (Å²) in [5.74, 6) is 0.188. The third-order valence-corrected chi connectivity index (χ3v) is 5.14. The van der Waals surface area contributed by atoms with Crippen molar-refractivity contribution in [1.29, 1.82) is 0 Å². The molecule has 1 atom stereocenters. The van der Waals surface area contributed by atoms with Crippen LogP contribution in [0.25, 0.3) is 0 Å². The Balaban J connectivity index is 1.82. The molecule has 1 saturated heterocycles. The number of rotatable bonds is 14. The van der Waals surface area contributed by atoms with Crippen LogP contribution in [-0.2, 0) is 4.79 Å². The molecular formula is C20H41N3O. The van der Waals surface area contributed by atoms with Crippen molar-refractivity contribution in [2.75, 3.05) is 33.2 Å². The van der Waals surface area contributed by atoms with Crippen LogP contribution in [0.15, 0.2) is 0 Å². The van der Waals surface area contributed by atoms with Crippen LogP contribution >= 0.6 is 0 Å². The molecule has 0 unspecified atom stereocenters. The topological polar surface area (TPSA) is 44.4 Å². The van der Waals surface area contributed by atoms with E-state index in [2.05, 4.69) is 22.5 Å². The number of hydrogen-bond acceptors (Lipinski definition) is 3. The zero-order valence-corrected chi connectivity index (χ0v) is 16.2. The maximum Gasteiger partial charge on any atom is 0.238 e. The van der Waals surface area contributed by atoms with E-state index in [-0.39, 0.29) is 11.9 Å². The van der Waals surface area contributed by atoms with Gasteiger partial charge in [-0.05, 0) is 13.5 Å². The number of hydrogen-bond donors (Lipinski definition) is 2. The first kappa shape index (κ1) is 21.4. The van der Waals surface area contributed by atoms with E-state index in [9.17, 15) is 4.79 Å². The molecule has 1 amide bonds. The van der Waals surface area contributed by atoms with Crippen LogP contribution in [0.5, 0.6) is 0 Å². The van der Waals surface area contributed by atoms with E-state index in [0.717, 1.165) is 32.6 Å². The van der Waals surface area contributed by atoms with Crippen molar-refractivity contribution < 1.29 is 4.79 Å². The quantitative estimate of drug-likeness (QED) is 0.474. The van der Waals surface area contributed by atoms with Gasteiger partial charge in [-0.3, -0.25) is 9.69 Å². The molecule has 24 heavy (non-hydrogen) atoms. The predicted octanol–water partition coefficient (Wildman–Crippen LogP) is 3.71. The SMILES string of the molecule is CCCCCCCCCCCCCCNC(=O)[C@@H]1CNCCN1C. The molecule has 142 valence electrons. The molecule has 0 aromatic carbocycles. The maximum absolute atomic E-state index is 12.1. The summed E-state index contributed by atoms with van der Waals surface area (Å²) in [5.41, 5.74) is 0. The Morgan fingerprint density at radius 3 is 2.04 bits per heavy atom. The standard InChI is InChI=1S/C20H41N3O/c1-3-4-5-6-7-8-9-10-11-12-13-14-15-22-20(24)19-18-21-16-17-23(19)2/h19,21H,3-18H2,1-2H3,(H,22,24)/t19-/m0/s1. The van der Waals surface area contributed by atoms with Gasteiger partial charge in [0.25, 0.3) is 0 Å². The molecule has 4 heteroatoms. The van der Waals surface area contributed by atoms with Crippen LogP contribution < -0.4 is 10.6 Å². The second-order valence-corrected chi connectivity index (χ2v) is 7.38. The fourth-order valence-electron chi connectivity index (χ4n) is 3.39. The van der Waals surface area contributed by atoms with Crippen molar-refractivity contribution in [3.63, 3.8) is 0 Å². The summed E-state index contributed by atoms with van der Waals surface area (Å²) in [5, 5.41) is 6.39. The highest BCUT2D eigenvalue weighted by Gasteiger charge is 2.24. The molecule has 4 nitrogen and oxygen atoms in total. The second kappa shape index (κ2) is 14.7.